The smallest absolute Gasteiger partial charge is 0.287 e. The molecule has 0 radical (unpaired) electrons. The molecule has 0 saturated heterocycles. The van der Waals surface area contributed by atoms with Crippen LogP contribution in [0.5, 0.6) is 0 Å². The number of hydrogen-bond donors (Lipinski definition) is 0. The molecule has 2 aromatic carbocycles. The molecule has 1 saturated carbocycles. The molecule has 0 bridgehead atoms. The lowest BCUT2D eigenvalue weighted by Gasteiger charge is -2.11. The van der Waals surface area contributed by atoms with Crippen LogP contribution in [0, 0.1) is 5.82 Å². The average molecular weight is 404 g/mol. The summed E-state index contributed by atoms with van der Waals surface area (Å²) in [5.41, 5.74) is 2.10. The van der Waals surface area contributed by atoms with Crippen molar-refractivity contribution in [2.75, 3.05) is 0 Å². The second kappa shape index (κ2) is 6.87. The van der Waals surface area contributed by atoms with Gasteiger partial charge in [0.15, 0.2) is 0 Å². The molecule has 0 spiro atoms. The van der Waals surface area contributed by atoms with E-state index in [1.165, 1.54) is 23.9 Å². The lowest BCUT2D eigenvalue weighted by Crippen LogP contribution is -2.24. The monoisotopic (exact) mass is 404 g/mol. The topological polar surface area (TPSA) is 87.6 Å². The number of carbonyl (C=O) groups excluding carboxylic acids is 1. The SMILES string of the molecule is Cn1nnn(-c2cccc(C3CC3)c2C(=O)c2ccn(-c3ccc(F)cc3)n2)c1=O. The van der Waals surface area contributed by atoms with Gasteiger partial charge in [-0.3, -0.25) is 4.79 Å². The predicted octanol–water partition coefficient (Wildman–Crippen LogP) is 2.40. The van der Waals surface area contributed by atoms with Gasteiger partial charge < -0.3 is 0 Å². The van der Waals surface area contributed by atoms with Crippen LogP contribution in [0.4, 0.5) is 4.39 Å². The van der Waals surface area contributed by atoms with Crippen molar-refractivity contribution in [1.82, 2.24) is 29.6 Å². The van der Waals surface area contributed by atoms with Crippen molar-refractivity contribution < 1.29 is 9.18 Å². The van der Waals surface area contributed by atoms with E-state index in [0.717, 1.165) is 27.8 Å². The highest BCUT2D eigenvalue weighted by molar-refractivity contribution is 6.11. The molecule has 150 valence electrons. The standard InChI is InChI=1S/C21H17FN6O2/c1-26-21(30)28(25-24-26)18-4-2-3-16(13-5-6-13)19(18)20(29)17-11-12-27(23-17)15-9-7-14(22)8-10-15/h2-4,7-13H,5-6H2,1H3. The Morgan fingerprint density at radius 1 is 1.07 bits per heavy atom. The second-order valence-electron chi connectivity index (χ2n) is 7.26. The van der Waals surface area contributed by atoms with Crippen molar-refractivity contribution >= 4 is 5.78 Å². The van der Waals surface area contributed by atoms with Crippen molar-refractivity contribution in [1.29, 1.82) is 0 Å². The van der Waals surface area contributed by atoms with Gasteiger partial charge >= 0.3 is 5.69 Å². The molecule has 1 fully saturated rings. The molecule has 30 heavy (non-hydrogen) atoms. The average Bonchev–Trinajstić information content (AvgIpc) is 3.40. The summed E-state index contributed by atoms with van der Waals surface area (Å²) in [5.74, 6) is -0.374. The molecule has 1 aliphatic carbocycles. The maximum Gasteiger partial charge on any atom is 0.368 e. The highest BCUT2D eigenvalue weighted by Crippen LogP contribution is 2.43. The van der Waals surface area contributed by atoms with Gasteiger partial charge in [0, 0.05) is 13.2 Å². The molecule has 0 atom stereocenters. The van der Waals surface area contributed by atoms with Gasteiger partial charge in [-0.2, -0.15) is 14.5 Å². The predicted molar refractivity (Wildman–Crippen MR) is 106 cm³/mol. The number of aromatic nitrogens is 6. The van der Waals surface area contributed by atoms with Gasteiger partial charge in [0.2, 0.25) is 5.78 Å². The molecule has 2 heterocycles. The van der Waals surface area contributed by atoms with Gasteiger partial charge in [0.05, 0.1) is 16.9 Å². The van der Waals surface area contributed by atoms with E-state index in [-0.39, 0.29) is 23.2 Å². The largest absolute Gasteiger partial charge is 0.368 e. The number of nitrogens with zero attached hydrogens (tertiary/aromatic N) is 6. The summed E-state index contributed by atoms with van der Waals surface area (Å²) in [5, 5.41) is 12.1. The van der Waals surface area contributed by atoms with Gasteiger partial charge in [-0.1, -0.05) is 12.1 Å². The number of rotatable bonds is 5. The Morgan fingerprint density at radius 3 is 2.50 bits per heavy atom. The summed E-state index contributed by atoms with van der Waals surface area (Å²) in [6, 6.07) is 12.9. The van der Waals surface area contributed by atoms with Crippen molar-refractivity contribution in [3.63, 3.8) is 0 Å². The number of ketones is 1. The normalized spacial score (nSPS) is 13.5. The minimum absolute atomic E-state index is 0.227. The van der Waals surface area contributed by atoms with E-state index < -0.39 is 5.69 Å². The van der Waals surface area contributed by atoms with Gasteiger partial charge in [0.25, 0.3) is 0 Å². The van der Waals surface area contributed by atoms with Crippen molar-refractivity contribution in [3.8, 4) is 11.4 Å². The molecular weight excluding hydrogens is 387 g/mol. The summed E-state index contributed by atoms with van der Waals surface area (Å²) in [4.78, 5) is 25.9. The maximum atomic E-state index is 13.5. The van der Waals surface area contributed by atoms with Crippen LogP contribution in [-0.4, -0.2) is 35.4 Å². The first kappa shape index (κ1) is 18.2. The van der Waals surface area contributed by atoms with E-state index in [2.05, 4.69) is 15.5 Å². The maximum absolute atomic E-state index is 13.5. The van der Waals surface area contributed by atoms with Gasteiger partial charge in [-0.25, -0.2) is 13.9 Å². The second-order valence-corrected chi connectivity index (χ2v) is 7.26. The van der Waals surface area contributed by atoms with E-state index >= 15 is 0 Å². The summed E-state index contributed by atoms with van der Waals surface area (Å²) >= 11 is 0. The molecule has 4 aromatic rings. The first-order valence-electron chi connectivity index (χ1n) is 9.51. The summed E-state index contributed by atoms with van der Waals surface area (Å²) in [6.45, 7) is 0. The minimum atomic E-state index is -0.436. The fourth-order valence-electron chi connectivity index (χ4n) is 3.49. The van der Waals surface area contributed by atoms with Gasteiger partial charge in [0.1, 0.15) is 11.5 Å². The Hall–Kier alpha value is -3.88. The molecule has 8 nitrogen and oxygen atoms in total. The summed E-state index contributed by atoms with van der Waals surface area (Å²) < 4.78 is 17.0. The number of aryl methyl sites for hydroxylation is 1. The van der Waals surface area contributed by atoms with Gasteiger partial charge in [-0.05, 0) is 71.1 Å². The van der Waals surface area contributed by atoms with Crippen LogP contribution in [0.3, 0.4) is 0 Å². The van der Waals surface area contributed by atoms with E-state index in [1.54, 1.807) is 30.5 Å². The molecule has 1 aliphatic rings. The number of hydrogen-bond acceptors (Lipinski definition) is 5. The van der Waals surface area contributed by atoms with Crippen molar-refractivity contribution in [2.45, 2.75) is 18.8 Å². The third-order valence-corrected chi connectivity index (χ3v) is 5.18. The zero-order chi connectivity index (χ0) is 20.8. The fourth-order valence-corrected chi connectivity index (χ4v) is 3.49. The van der Waals surface area contributed by atoms with Crippen molar-refractivity contribution in [2.24, 2.45) is 7.05 Å². The Morgan fingerprint density at radius 2 is 1.83 bits per heavy atom. The zero-order valence-electron chi connectivity index (χ0n) is 16.1. The van der Waals surface area contributed by atoms with E-state index in [0.29, 0.717) is 16.9 Å². The van der Waals surface area contributed by atoms with E-state index in [9.17, 15) is 14.0 Å². The van der Waals surface area contributed by atoms with Crippen LogP contribution in [0.25, 0.3) is 11.4 Å². The molecule has 0 aliphatic heterocycles. The number of halogens is 1. The lowest BCUT2D eigenvalue weighted by atomic mass is 9.96. The minimum Gasteiger partial charge on any atom is -0.287 e. The van der Waals surface area contributed by atoms with Crippen LogP contribution in [0.15, 0.2) is 59.5 Å². The molecule has 9 heteroatoms. The molecule has 0 N–H and O–H groups in total. The van der Waals surface area contributed by atoms with Crippen molar-refractivity contribution in [3.05, 3.63) is 87.9 Å². The first-order chi connectivity index (χ1) is 14.5. The molecule has 0 unspecified atom stereocenters. The quantitative estimate of drug-likeness (QED) is 0.477. The summed E-state index contributed by atoms with van der Waals surface area (Å²) in [7, 11) is 1.50. The van der Waals surface area contributed by atoms with Crippen LogP contribution >= 0.6 is 0 Å². The zero-order valence-corrected chi connectivity index (χ0v) is 16.1. The Kier molecular flexibility index (Phi) is 4.16. The van der Waals surface area contributed by atoms with E-state index in [4.69, 9.17) is 0 Å². The van der Waals surface area contributed by atoms with Crippen LogP contribution < -0.4 is 5.69 Å². The molecule has 5 rings (SSSR count). The third kappa shape index (κ3) is 3.04. The third-order valence-electron chi connectivity index (χ3n) is 5.18. The Balaban J connectivity index is 1.61. The van der Waals surface area contributed by atoms with E-state index in [1.807, 2.05) is 12.1 Å². The molecule has 2 aromatic heterocycles. The highest BCUT2D eigenvalue weighted by Gasteiger charge is 2.31. The Labute approximate surface area is 170 Å². The lowest BCUT2D eigenvalue weighted by molar-refractivity contribution is 0.103. The fraction of sp³-hybridized carbons (Fsp3) is 0.190. The Bertz CT molecular complexity index is 1310. The first-order valence-corrected chi connectivity index (χ1v) is 9.51. The van der Waals surface area contributed by atoms with Crippen LogP contribution in [0.2, 0.25) is 0 Å². The van der Waals surface area contributed by atoms with Gasteiger partial charge in [-0.15, -0.1) is 0 Å². The van der Waals surface area contributed by atoms with Crippen LogP contribution in [0.1, 0.15) is 40.4 Å². The number of carbonyl (C=O) groups is 1. The molecular formula is C21H17FN6O2. The summed E-state index contributed by atoms with van der Waals surface area (Å²) in [6.07, 6.45) is 3.63. The highest BCUT2D eigenvalue weighted by atomic mass is 19.1. The molecule has 0 amide bonds. The number of benzene rings is 2. The number of tetrazole rings is 1. The van der Waals surface area contributed by atoms with Crippen LogP contribution in [-0.2, 0) is 7.05 Å².